The molecule has 0 aliphatic rings. The van der Waals surface area contributed by atoms with Gasteiger partial charge < -0.3 is 11.1 Å². The average molecular weight is 269 g/mol. The van der Waals surface area contributed by atoms with Gasteiger partial charge in [-0.25, -0.2) is 4.68 Å². The van der Waals surface area contributed by atoms with E-state index in [0.29, 0.717) is 11.3 Å². The Bertz CT molecular complexity index is 676. The monoisotopic (exact) mass is 269 g/mol. The number of rotatable bonds is 3. The molecule has 0 saturated carbocycles. The Kier molecular flexibility index (Phi) is 3.66. The van der Waals surface area contributed by atoms with Crippen LogP contribution in [0.1, 0.15) is 36.7 Å². The average Bonchev–Trinajstić information content (AvgIpc) is 2.69. The Balaban J connectivity index is 2.47. The Labute approximate surface area is 119 Å². The fourth-order valence-electron chi connectivity index (χ4n) is 2.01. The molecular formula is C15H19N5. The molecule has 1 aromatic carbocycles. The number of anilines is 3. The first-order valence-corrected chi connectivity index (χ1v) is 6.56. The number of hydrogen-bond donors (Lipinski definition) is 2. The van der Waals surface area contributed by atoms with Crippen LogP contribution in [-0.4, -0.2) is 9.78 Å². The minimum Gasteiger partial charge on any atom is -0.394 e. The summed E-state index contributed by atoms with van der Waals surface area (Å²) in [4.78, 5) is 0. The van der Waals surface area contributed by atoms with Crippen molar-refractivity contribution in [2.24, 2.45) is 0 Å². The van der Waals surface area contributed by atoms with E-state index >= 15 is 0 Å². The topological polar surface area (TPSA) is 79.7 Å². The molecule has 0 bridgehead atoms. The number of nitrogens with two attached hydrogens (primary N) is 1. The lowest BCUT2D eigenvalue weighted by Crippen LogP contribution is -2.08. The van der Waals surface area contributed by atoms with Crippen molar-refractivity contribution < 1.29 is 0 Å². The van der Waals surface area contributed by atoms with Gasteiger partial charge >= 0.3 is 0 Å². The molecule has 0 spiro atoms. The Morgan fingerprint density at radius 1 is 1.35 bits per heavy atom. The lowest BCUT2D eigenvalue weighted by Gasteiger charge is -2.15. The normalized spacial score (nSPS) is 10.6. The molecule has 0 fully saturated rings. The third-order valence-electron chi connectivity index (χ3n) is 3.24. The van der Waals surface area contributed by atoms with E-state index in [9.17, 15) is 0 Å². The van der Waals surface area contributed by atoms with Gasteiger partial charge in [0.2, 0.25) is 0 Å². The van der Waals surface area contributed by atoms with Gasteiger partial charge in [0.25, 0.3) is 0 Å². The Morgan fingerprint density at radius 3 is 2.65 bits per heavy atom. The van der Waals surface area contributed by atoms with Crippen molar-refractivity contribution in [1.29, 1.82) is 5.26 Å². The molecule has 0 atom stereocenters. The van der Waals surface area contributed by atoms with Crippen molar-refractivity contribution in [3.05, 3.63) is 35.0 Å². The predicted molar refractivity (Wildman–Crippen MR) is 80.9 cm³/mol. The summed E-state index contributed by atoms with van der Waals surface area (Å²) in [5, 5.41) is 16.8. The van der Waals surface area contributed by atoms with E-state index in [2.05, 4.69) is 30.3 Å². The van der Waals surface area contributed by atoms with Gasteiger partial charge in [0.05, 0.1) is 23.0 Å². The molecule has 1 aromatic heterocycles. The molecule has 5 heteroatoms. The first-order chi connectivity index (χ1) is 9.43. The molecule has 104 valence electrons. The van der Waals surface area contributed by atoms with Crippen LogP contribution in [0.4, 0.5) is 17.2 Å². The van der Waals surface area contributed by atoms with Crippen LogP contribution in [0, 0.1) is 25.2 Å². The van der Waals surface area contributed by atoms with Gasteiger partial charge in [0.1, 0.15) is 0 Å². The number of aromatic nitrogens is 2. The highest BCUT2D eigenvalue weighted by Gasteiger charge is 2.15. The number of nitrogens with one attached hydrogen (secondary N) is 1. The molecule has 0 amide bonds. The van der Waals surface area contributed by atoms with Gasteiger partial charge in [-0.15, -0.1) is 0 Å². The summed E-state index contributed by atoms with van der Waals surface area (Å²) in [6.07, 6.45) is 0. The fraction of sp³-hybridized carbons (Fsp3) is 0.333. The number of nitrogen functional groups attached to an aromatic ring is 1. The highest BCUT2D eigenvalue weighted by molar-refractivity contribution is 5.73. The number of hydrogen-bond acceptors (Lipinski definition) is 4. The third kappa shape index (κ3) is 2.45. The minimum atomic E-state index is 0.202. The number of nitrogens with zero attached hydrogens (tertiary/aromatic N) is 3. The molecule has 2 rings (SSSR count). The van der Waals surface area contributed by atoms with Gasteiger partial charge in [0, 0.05) is 11.7 Å². The maximum Gasteiger partial charge on any atom is 0.152 e. The molecule has 3 N–H and O–H groups in total. The zero-order valence-electron chi connectivity index (χ0n) is 12.2. The molecule has 5 nitrogen and oxygen atoms in total. The summed E-state index contributed by atoms with van der Waals surface area (Å²) in [5.41, 5.74) is 10.1. The highest BCUT2D eigenvalue weighted by Crippen LogP contribution is 2.30. The van der Waals surface area contributed by atoms with Gasteiger partial charge in [-0.2, -0.15) is 10.4 Å². The zero-order chi connectivity index (χ0) is 14.9. The van der Waals surface area contributed by atoms with Crippen LogP contribution in [-0.2, 0) is 0 Å². The summed E-state index contributed by atoms with van der Waals surface area (Å²) in [7, 11) is 0. The number of aryl methyl sites for hydroxylation is 2. The standard InChI is InChI=1S/C15H19N5/c1-9(2)20-15(14(17)11(4)19-20)18-13-7-12(8-16)6-5-10(13)3/h5-7,9,18H,17H2,1-4H3. The van der Waals surface area contributed by atoms with Crippen LogP contribution in [0.15, 0.2) is 18.2 Å². The molecule has 20 heavy (non-hydrogen) atoms. The van der Waals surface area contributed by atoms with E-state index in [4.69, 9.17) is 11.0 Å². The number of benzene rings is 1. The molecule has 0 aliphatic heterocycles. The summed E-state index contributed by atoms with van der Waals surface area (Å²) >= 11 is 0. The quantitative estimate of drug-likeness (QED) is 0.896. The highest BCUT2D eigenvalue weighted by atomic mass is 15.4. The van der Waals surface area contributed by atoms with Crippen molar-refractivity contribution >= 4 is 17.2 Å². The molecular weight excluding hydrogens is 250 g/mol. The molecule has 0 aliphatic carbocycles. The van der Waals surface area contributed by atoms with Crippen molar-refractivity contribution in [3.8, 4) is 6.07 Å². The lowest BCUT2D eigenvalue weighted by atomic mass is 10.1. The zero-order valence-corrected chi connectivity index (χ0v) is 12.2. The van der Waals surface area contributed by atoms with Crippen molar-refractivity contribution in [1.82, 2.24) is 9.78 Å². The smallest absolute Gasteiger partial charge is 0.152 e. The second-order valence-corrected chi connectivity index (χ2v) is 5.15. The van der Waals surface area contributed by atoms with Crippen LogP contribution in [0.3, 0.4) is 0 Å². The van der Waals surface area contributed by atoms with Crippen molar-refractivity contribution in [2.75, 3.05) is 11.1 Å². The SMILES string of the molecule is Cc1ccc(C#N)cc1Nc1c(N)c(C)nn1C(C)C. The van der Waals surface area contributed by atoms with E-state index in [0.717, 1.165) is 22.8 Å². The van der Waals surface area contributed by atoms with Gasteiger partial charge in [-0.3, -0.25) is 0 Å². The maximum absolute atomic E-state index is 9.00. The summed E-state index contributed by atoms with van der Waals surface area (Å²) in [5.74, 6) is 0.774. The van der Waals surface area contributed by atoms with Crippen molar-refractivity contribution in [3.63, 3.8) is 0 Å². The Hall–Kier alpha value is -2.48. The largest absolute Gasteiger partial charge is 0.394 e. The van der Waals surface area contributed by atoms with Gasteiger partial charge in [0.15, 0.2) is 5.82 Å². The van der Waals surface area contributed by atoms with E-state index < -0.39 is 0 Å². The second-order valence-electron chi connectivity index (χ2n) is 5.15. The molecule has 0 saturated heterocycles. The van der Waals surface area contributed by atoms with Gasteiger partial charge in [-0.1, -0.05) is 6.07 Å². The van der Waals surface area contributed by atoms with Gasteiger partial charge in [-0.05, 0) is 45.4 Å². The van der Waals surface area contributed by atoms with Crippen LogP contribution in [0.5, 0.6) is 0 Å². The molecule has 0 unspecified atom stereocenters. The fourth-order valence-corrected chi connectivity index (χ4v) is 2.01. The molecule has 0 radical (unpaired) electrons. The predicted octanol–water partition coefficient (Wildman–Crippen LogP) is 3.28. The molecule has 1 heterocycles. The summed E-state index contributed by atoms with van der Waals surface area (Å²) < 4.78 is 1.86. The van der Waals surface area contributed by atoms with Crippen LogP contribution in [0.2, 0.25) is 0 Å². The van der Waals surface area contributed by atoms with Crippen LogP contribution in [0.25, 0.3) is 0 Å². The number of nitriles is 1. The van der Waals surface area contributed by atoms with Crippen molar-refractivity contribution in [2.45, 2.75) is 33.7 Å². The van der Waals surface area contributed by atoms with E-state index in [1.807, 2.05) is 30.7 Å². The second kappa shape index (κ2) is 5.25. The van der Waals surface area contributed by atoms with Crippen LogP contribution >= 0.6 is 0 Å². The minimum absolute atomic E-state index is 0.202. The van der Waals surface area contributed by atoms with Crippen LogP contribution < -0.4 is 11.1 Å². The molecule has 2 aromatic rings. The summed E-state index contributed by atoms with van der Waals surface area (Å²) in [6.45, 7) is 7.98. The lowest BCUT2D eigenvalue weighted by molar-refractivity contribution is 0.536. The third-order valence-corrected chi connectivity index (χ3v) is 3.24. The first-order valence-electron chi connectivity index (χ1n) is 6.56. The van der Waals surface area contributed by atoms with E-state index in [-0.39, 0.29) is 6.04 Å². The van der Waals surface area contributed by atoms with E-state index in [1.165, 1.54) is 0 Å². The summed E-state index contributed by atoms with van der Waals surface area (Å²) in [6, 6.07) is 7.88. The Morgan fingerprint density at radius 2 is 2.05 bits per heavy atom. The maximum atomic E-state index is 9.00. The first kappa shape index (κ1) is 13.9. The van der Waals surface area contributed by atoms with E-state index in [1.54, 1.807) is 6.07 Å².